The maximum Gasteiger partial charge on any atom is 0.346 e. The molecule has 6 heteroatoms. The van der Waals surface area contributed by atoms with E-state index in [0.717, 1.165) is 12.0 Å². The SMILES string of the molecule is CCCC(/C(=C\c1c(O)cc(C)oc1=O)CC)c1c(O)cc(C)oc1=O. The first-order valence-corrected chi connectivity index (χ1v) is 8.66. The summed E-state index contributed by atoms with van der Waals surface area (Å²) >= 11 is 0. The molecule has 6 nitrogen and oxygen atoms in total. The van der Waals surface area contributed by atoms with Gasteiger partial charge in [0.25, 0.3) is 0 Å². The Hall–Kier alpha value is -2.76. The standard InChI is InChI=1S/C20H24O6/c1-5-7-14(18-17(22)9-12(4)26-20(18)24)13(6-2)10-15-16(21)8-11(3)25-19(15)23/h8-10,14,21-22H,5-7H2,1-4H3/b13-10-. The molecule has 2 aromatic heterocycles. The zero-order valence-electron chi connectivity index (χ0n) is 15.5. The van der Waals surface area contributed by atoms with Gasteiger partial charge in [0.1, 0.15) is 28.6 Å². The molecule has 26 heavy (non-hydrogen) atoms. The Balaban J connectivity index is 2.65. The zero-order chi connectivity index (χ0) is 19.4. The number of aromatic hydroxyl groups is 2. The Labute approximate surface area is 151 Å². The van der Waals surface area contributed by atoms with Crippen molar-refractivity contribution in [3.05, 3.63) is 61.2 Å². The molecule has 0 radical (unpaired) electrons. The molecule has 1 atom stereocenters. The zero-order valence-corrected chi connectivity index (χ0v) is 15.5. The molecule has 0 amide bonds. The molecule has 0 spiro atoms. The lowest BCUT2D eigenvalue weighted by atomic mass is 9.85. The molecule has 2 N–H and O–H groups in total. The van der Waals surface area contributed by atoms with Gasteiger partial charge >= 0.3 is 11.3 Å². The van der Waals surface area contributed by atoms with E-state index >= 15 is 0 Å². The van der Waals surface area contributed by atoms with Crippen molar-refractivity contribution in [2.45, 2.75) is 52.9 Å². The first-order chi connectivity index (χ1) is 12.3. The predicted molar refractivity (Wildman–Crippen MR) is 98.7 cm³/mol. The van der Waals surface area contributed by atoms with Crippen molar-refractivity contribution in [2.75, 3.05) is 0 Å². The highest BCUT2D eigenvalue weighted by Crippen LogP contribution is 2.36. The van der Waals surface area contributed by atoms with Gasteiger partial charge in [-0.1, -0.05) is 25.8 Å². The fraction of sp³-hybridized carbons (Fsp3) is 0.400. The van der Waals surface area contributed by atoms with Crippen molar-refractivity contribution < 1.29 is 19.0 Å². The van der Waals surface area contributed by atoms with Crippen molar-refractivity contribution in [1.82, 2.24) is 0 Å². The maximum absolute atomic E-state index is 12.3. The highest BCUT2D eigenvalue weighted by Gasteiger charge is 2.24. The van der Waals surface area contributed by atoms with Crippen LogP contribution in [0.4, 0.5) is 0 Å². The van der Waals surface area contributed by atoms with Gasteiger partial charge in [-0.05, 0) is 32.8 Å². The van der Waals surface area contributed by atoms with Gasteiger partial charge in [0.2, 0.25) is 0 Å². The van der Waals surface area contributed by atoms with E-state index < -0.39 is 17.2 Å². The molecule has 0 aromatic carbocycles. The van der Waals surface area contributed by atoms with Crippen LogP contribution in [-0.4, -0.2) is 10.2 Å². The summed E-state index contributed by atoms with van der Waals surface area (Å²) in [6.45, 7) is 7.01. The molecule has 1 unspecified atom stereocenters. The summed E-state index contributed by atoms with van der Waals surface area (Å²) in [5.74, 6) is -0.103. The van der Waals surface area contributed by atoms with Crippen LogP contribution in [0.1, 0.15) is 61.7 Å². The minimum atomic E-state index is -0.649. The van der Waals surface area contributed by atoms with Crippen molar-refractivity contribution in [3.63, 3.8) is 0 Å². The van der Waals surface area contributed by atoms with Crippen LogP contribution in [0.15, 0.2) is 36.1 Å². The summed E-state index contributed by atoms with van der Waals surface area (Å²) in [4.78, 5) is 24.5. The van der Waals surface area contributed by atoms with E-state index in [0.29, 0.717) is 24.4 Å². The average molecular weight is 360 g/mol. The fourth-order valence-corrected chi connectivity index (χ4v) is 3.10. The molecule has 0 fully saturated rings. The molecule has 2 aromatic rings. The minimum absolute atomic E-state index is 0.0320. The topological polar surface area (TPSA) is 101 Å². The number of hydrogen-bond donors (Lipinski definition) is 2. The summed E-state index contributed by atoms with van der Waals surface area (Å²) in [5, 5.41) is 20.4. The second-order valence-corrected chi connectivity index (χ2v) is 6.30. The maximum atomic E-state index is 12.3. The van der Waals surface area contributed by atoms with E-state index in [4.69, 9.17) is 8.83 Å². The van der Waals surface area contributed by atoms with Crippen LogP contribution in [0.25, 0.3) is 6.08 Å². The molecule has 0 aliphatic heterocycles. The number of allylic oxidation sites excluding steroid dienone is 1. The smallest absolute Gasteiger partial charge is 0.346 e. The first kappa shape index (κ1) is 19.6. The summed E-state index contributed by atoms with van der Waals surface area (Å²) in [6.07, 6.45) is 3.39. The summed E-state index contributed by atoms with van der Waals surface area (Å²) in [6, 6.07) is 2.78. The molecule has 2 rings (SSSR count). The van der Waals surface area contributed by atoms with Crippen molar-refractivity contribution in [2.24, 2.45) is 0 Å². The van der Waals surface area contributed by atoms with Crippen LogP contribution < -0.4 is 11.3 Å². The fourth-order valence-electron chi connectivity index (χ4n) is 3.10. The third kappa shape index (κ3) is 4.07. The molecule has 0 bridgehead atoms. The summed E-state index contributed by atoms with van der Waals surface area (Å²) in [7, 11) is 0. The van der Waals surface area contributed by atoms with Gasteiger partial charge in [-0.2, -0.15) is 0 Å². The van der Waals surface area contributed by atoms with Crippen LogP contribution in [0.5, 0.6) is 11.5 Å². The molecule has 0 aliphatic rings. The lowest BCUT2D eigenvalue weighted by molar-refractivity contribution is 0.413. The van der Waals surface area contributed by atoms with E-state index in [-0.39, 0.29) is 22.6 Å². The van der Waals surface area contributed by atoms with Gasteiger partial charge in [0.15, 0.2) is 0 Å². The quantitative estimate of drug-likeness (QED) is 0.807. The van der Waals surface area contributed by atoms with Gasteiger partial charge in [-0.15, -0.1) is 0 Å². The van der Waals surface area contributed by atoms with E-state index in [9.17, 15) is 19.8 Å². The van der Waals surface area contributed by atoms with Crippen LogP contribution in [0.2, 0.25) is 0 Å². The highest BCUT2D eigenvalue weighted by atomic mass is 16.4. The van der Waals surface area contributed by atoms with E-state index in [1.54, 1.807) is 19.9 Å². The van der Waals surface area contributed by atoms with Crippen molar-refractivity contribution in [1.29, 1.82) is 0 Å². The largest absolute Gasteiger partial charge is 0.507 e. The molecule has 140 valence electrons. The molecule has 2 heterocycles. The summed E-state index contributed by atoms with van der Waals surface area (Å²) in [5.41, 5.74) is -0.319. The second kappa shape index (κ2) is 8.08. The Morgan fingerprint density at radius 2 is 1.62 bits per heavy atom. The number of rotatable bonds is 6. The molecule has 0 saturated heterocycles. The van der Waals surface area contributed by atoms with Gasteiger partial charge in [0, 0.05) is 18.1 Å². The van der Waals surface area contributed by atoms with Gasteiger partial charge < -0.3 is 19.0 Å². The molecular formula is C20H24O6. The Bertz CT molecular complexity index is 932. The van der Waals surface area contributed by atoms with Crippen LogP contribution >= 0.6 is 0 Å². The van der Waals surface area contributed by atoms with Gasteiger partial charge in [0.05, 0.1) is 5.56 Å². The third-order valence-electron chi connectivity index (χ3n) is 4.29. The van der Waals surface area contributed by atoms with E-state index in [1.165, 1.54) is 12.1 Å². The van der Waals surface area contributed by atoms with Crippen molar-refractivity contribution in [3.8, 4) is 11.5 Å². The van der Waals surface area contributed by atoms with Crippen LogP contribution in [0, 0.1) is 13.8 Å². The first-order valence-electron chi connectivity index (χ1n) is 8.66. The minimum Gasteiger partial charge on any atom is -0.507 e. The second-order valence-electron chi connectivity index (χ2n) is 6.30. The monoisotopic (exact) mass is 360 g/mol. The molecular weight excluding hydrogens is 336 g/mol. The third-order valence-corrected chi connectivity index (χ3v) is 4.29. The Morgan fingerprint density at radius 3 is 2.12 bits per heavy atom. The van der Waals surface area contributed by atoms with Gasteiger partial charge in [-0.25, -0.2) is 9.59 Å². The Morgan fingerprint density at radius 1 is 1.04 bits per heavy atom. The van der Waals surface area contributed by atoms with Crippen LogP contribution in [0.3, 0.4) is 0 Å². The predicted octanol–water partition coefficient (Wildman–Crippen LogP) is 4.00. The lowest BCUT2D eigenvalue weighted by Crippen LogP contribution is -2.16. The average Bonchev–Trinajstić information content (AvgIpc) is 2.53. The lowest BCUT2D eigenvalue weighted by Gasteiger charge is -2.20. The summed E-state index contributed by atoms with van der Waals surface area (Å²) < 4.78 is 10.2. The van der Waals surface area contributed by atoms with E-state index in [2.05, 4.69) is 0 Å². The normalized spacial score (nSPS) is 13.0. The molecule has 0 aliphatic carbocycles. The van der Waals surface area contributed by atoms with E-state index in [1.807, 2.05) is 13.8 Å². The highest BCUT2D eigenvalue weighted by molar-refractivity contribution is 5.60. The Kier molecular flexibility index (Phi) is 6.08. The van der Waals surface area contributed by atoms with Crippen molar-refractivity contribution >= 4 is 6.08 Å². The van der Waals surface area contributed by atoms with Gasteiger partial charge in [-0.3, -0.25) is 0 Å². The number of hydrogen-bond acceptors (Lipinski definition) is 6. The molecule has 0 saturated carbocycles. The number of aryl methyl sites for hydroxylation is 2. The van der Waals surface area contributed by atoms with Crippen LogP contribution in [-0.2, 0) is 0 Å².